The Kier molecular flexibility index (Phi) is 1.10. The van der Waals surface area contributed by atoms with Crippen molar-refractivity contribution < 1.29 is 0 Å². The highest BCUT2D eigenvalue weighted by atomic mass is 14.9. The molecule has 52 valence electrons. The molecule has 1 nitrogen and oxygen atoms in total. The maximum absolute atomic E-state index is 3.29. The zero-order valence-corrected chi connectivity index (χ0v) is 6.11. The normalized spacial score (nSPS) is 47.0. The van der Waals surface area contributed by atoms with Crippen molar-refractivity contribution in [3.05, 3.63) is 0 Å². The van der Waals surface area contributed by atoms with Gasteiger partial charge in [0, 0.05) is 6.54 Å². The number of hydrogen-bond donors (Lipinski definition) is 1. The van der Waals surface area contributed by atoms with E-state index >= 15 is 0 Å². The summed E-state index contributed by atoms with van der Waals surface area (Å²) in [5.41, 5.74) is 0.800. The van der Waals surface area contributed by atoms with Crippen molar-refractivity contribution >= 4 is 0 Å². The van der Waals surface area contributed by atoms with Gasteiger partial charge in [0.05, 0.1) is 0 Å². The highest BCUT2D eigenvalue weighted by Gasteiger charge is 2.52. The second kappa shape index (κ2) is 1.72. The van der Waals surface area contributed by atoms with Gasteiger partial charge in [-0.1, -0.05) is 0 Å². The first-order valence-corrected chi connectivity index (χ1v) is 4.02. The first kappa shape index (κ1) is 5.72. The van der Waals surface area contributed by atoms with E-state index in [0.29, 0.717) is 0 Å². The van der Waals surface area contributed by atoms with Gasteiger partial charge in [0.25, 0.3) is 0 Å². The van der Waals surface area contributed by atoms with Gasteiger partial charge in [-0.05, 0) is 44.1 Å². The Bertz CT molecular complexity index is 112. The number of fused-ring (bicyclic) bond motifs is 1. The fourth-order valence-electron chi connectivity index (χ4n) is 2.46. The van der Waals surface area contributed by atoms with Crippen molar-refractivity contribution in [1.82, 2.24) is 5.32 Å². The van der Waals surface area contributed by atoms with E-state index in [-0.39, 0.29) is 0 Å². The summed E-state index contributed by atoms with van der Waals surface area (Å²) in [5.74, 6) is 1.12. The number of nitrogens with one attached hydrogen (secondary N) is 1. The summed E-state index contributed by atoms with van der Waals surface area (Å²) in [6.45, 7) is 1.28. The minimum atomic E-state index is 0.800. The second-order valence-corrected chi connectivity index (χ2v) is 3.67. The van der Waals surface area contributed by atoms with Crippen LogP contribution < -0.4 is 5.32 Å². The van der Waals surface area contributed by atoms with E-state index < -0.39 is 0 Å². The van der Waals surface area contributed by atoms with Crippen LogP contribution in [0.1, 0.15) is 25.7 Å². The molecule has 0 spiro atoms. The molecule has 0 aromatic rings. The third kappa shape index (κ3) is 0.586. The Balaban J connectivity index is 1.92. The van der Waals surface area contributed by atoms with Gasteiger partial charge in [0.2, 0.25) is 0 Å². The zero-order chi connectivity index (χ0) is 6.32. The lowest BCUT2D eigenvalue weighted by molar-refractivity contribution is -0.0704. The summed E-state index contributed by atoms with van der Waals surface area (Å²) in [7, 11) is 2.07. The van der Waals surface area contributed by atoms with Crippen LogP contribution in [0.4, 0.5) is 0 Å². The maximum atomic E-state index is 3.29. The number of rotatable bonds is 2. The molecule has 0 radical (unpaired) electrons. The SMILES string of the molecule is CNCC12CCC1CC2. The molecule has 0 atom stereocenters. The second-order valence-electron chi connectivity index (χ2n) is 3.67. The average molecular weight is 125 g/mol. The molecule has 2 rings (SSSR count). The highest BCUT2D eigenvalue weighted by molar-refractivity contribution is 5.04. The van der Waals surface area contributed by atoms with Crippen LogP contribution in [-0.4, -0.2) is 13.6 Å². The predicted molar refractivity (Wildman–Crippen MR) is 38.3 cm³/mol. The van der Waals surface area contributed by atoms with Gasteiger partial charge >= 0.3 is 0 Å². The van der Waals surface area contributed by atoms with Crippen LogP contribution in [0.15, 0.2) is 0 Å². The van der Waals surface area contributed by atoms with Crippen LogP contribution in [0.3, 0.4) is 0 Å². The third-order valence-electron chi connectivity index (χ3n) is 3.38. The summed E-state index contributed by atoms with van der Waals surface area (Å²) >= 11 is 0. The van der Waals surface area contributed by atoms with Crippen LogP contribution >= 0.6 is 0 Å². The molecule has 2 saturated carbocycles. The Morgan fingerprint density at radius 3 is 2.22 bits per heavy atom. The molecule has 0 amide bonds. The fraction of sp³-hybridized carbons (Fsp3) is 1.00. The van der Waals surface area contributed by atoms with Crippen molar-refractivity contribution in [2.75, 3.05) is 13.6 Å². The van der Waals surface area contributed by atoms with Crippen molar-refractivity contribution in [1.29, 1.82) is 0 Å². The summed E-state index contributed by atoms with van der Waals surface area (Å²) in [6.07, 6.45) is 6.03. The van der Waals surface area contributed by atoms with Crippen molar-refractivity contribution in [2.45, 2.75) is 25.7 Å². The Hall–Kier alpha value is -0.0400. The van der Waals surface area contributed by atoms with Crippen LogP contribution in [0, 0.1) is 11.3 Å². The largest absolute Gasteiger partial charge is 0.319 e. The van der Waals surface area contributed by atoms with E-state index in [1.165, 1.54) is 32.2 Å². The first-order chi connectivity index (χ1) is 4.37. The van der Waals surface area contributed by atoms with Crippen LogP contribution in [-0.2, 0) is 0 Å². The van der Waals surface area contributed by atoms with E-state index in [4.69, 9.17) is 0 Å². The summed E-state index contributed by atoms with van der Waals surface area (Å²) in [4.78, 5) is 0. The smallest absolute Gasteiger partial charge is 0.000746 e. The molecule has 0 aliphatic heterocycles. The standard InChI is InChI=1S/C8H15N/c1-9-6-8-4-2-7(8)3-5-8/h7,9H,2-6H2,1H3. The van der Waals surface area contributed by atoms with Gasteiger partial charge in [-0.3, -0.25) is 0 Å². The molecule has 2 aliphatic carbocycles. The van der Waals surface area contributed by atoms with Crippen molar-refractivity contribution in [3.63, 3.8) is 0 Å². The molecule has 0 aromatic heterocycles. The summed E-state index contributed by atoms with van der Waals surface area (Å²) in [5, 5.41) is 3.29. The summed E-state index contributed by atoms with van der Waals surface area (Å²) in [6, 6.07) is 0. The molecule has 1 N–H and O–H groups in total. The van der Waals surface area contributed by atoms with Crippen molar-refractivity contribution in [3.8, 4) is 0 Å². The molecule has 2 fully saturated rings. The topological polar surface area (TPSA) is 12.0 Å². The van der Waals surface area contributed by atoms with E-state index in [1.807, 2.05) is 0 Å². The Labute approximate surface area is 56.8 Å². The predicted octanol–water partition coefficient (Wildman–Crippen LogP) is 1.40. The van der Waals surface area contributed by atoms with Gasteiger partial charge in [-0.15, -0.1) is 0 Å². The van der Waals surface area contributed by atoms with Crippen LogP contribution in [0.2, 0.25) is 0 Å². The van der Waals surface area contributed by atoms with Gasteiger partial charge in [0.1, 0.15) is 0 Å². The maximum Gasteiger partial charge on any atom is 0.000746 e. The first-order valence-electron chi connectivity index (χ1n) is 4.02. The van der Waals surface area contributed by atoms with Gasteiger partial charge in [-0.2, -0.15) is 0 Å². The molecule has 1 heteroatoms. The Morgan fingerprint density at radius 1 is 1.44 bits per heavy atom. The molecule has 0 unspecified atom stereocenters. The van der Waals surface area contributed by atoms with Crippen LogP contribution in [0.25, 0.3) is 0 Å². The minimum Gasteiger partial charge on any atom is -0.319 e. The van der Waals surface area contributed by atoms with E-state index in [1.54, 1.807) is 0 Å². The lowest BCUT2D eigenvalue weighted by Gasteiger charge is -2.59. The van der Waals surface area contributed by atoms with E-state index in [0.717, 1.165) is 11.3 Å². The van der Waals surface area contributed by atoms with Gasteiger partial charge < -0.3 is 5.32 Å². The quantitative estimate of drug-likeness (QED) is 0.588. The van der Waals surface area contributed by atoms with Crippen LogP contribution in [0.5, 0.6) is 0 Å². The molecule has 0 bridgehead atoms. The van der Waals surface area contributed by atoms with Gasteiger partial charge in [-0.25, -0.2) is 0 Å². The molecule has 0 aromatic carbocycles. The van der Waals surface area contributed by atoms with Crippen molar-refractivity contribution in [2.24, 2.45) is 11.3 Å². The minimum absolute atomic E-state index is 0.800. The molecule has 2 aliphatic rings. The monoisotopic (exact) mass is 125 g/mol. The summed E-state index contributed by atoms with van der Waals surface area (Å²) < 4.78 is 0. The molecule has 0 heterocycles. The Morgan fingerprint density at radius 2 is 2.11 bits per heavy atom. The molecule has 9 heavy (non-hydrogen) atoms. The zero-order valence-electron chi connectivity index (χ0n) is 6.11. The molecular formula is C8H15N. The number of hydrogen-bond acceptors (Lipinski definition) is 1. The average Bonchev–Trinajstić information content (AvgIpc) is 1.86. The van der Waals surface area contributed by atoms with Gasteiger partial charge in [0.15, 0.2) is 0 Å². The lowest BCUT2D eigenvalue weighted by Crippen LogP contribution is -2.53. The third-order valence-corrected chi connectivity index (χ3v) is 3.38. The van der Waals surface area contributed by atoms with E-state index in [2.05, 4.69) is 12.4 Å². The fourth-order valence-corrected chi connectivity index (χ4v) is 2.46. The lowest BCUT2D eigenvalue weighted by atomic mass is 9.48. The van der Waals surface area contributed by atoms with E-state index in [9.17, 15) is 0 Å². The molecule has 0 saturated heterocycles. The molecular weight excluding hydrogens is 110 g/mol. The highest BCUT2D eigenvalue weighted by Crippen LogP contribution is 2.60.